The second-order valence-corrected chi connectivity index (χ2v) is 9.99. The molecule has 1 N–H and O–H groups in total. The largest absolute Gasteiger partial charge is 0.434 e. The fraction of sp³-hybridized carbons (Fsp3) is 0.577. The summed E-state index contributed by atoms with van der Waals surface area (Å²) >= 11 is 0. The number of urea groups is 1. The predicted molar refractivity (Wildman–Crippen MR) is 132 cm³/mol. The topological polar surface area (TPSA) is 64.6 Å². The van der Waals surface area contributed by atoms with Gasteiger partial charge in [0.2, 0.25) is 0 Å². The van der Waals surface area contributed by atoms with E-state index >= 15 is 0 Å². The van der Waals surface area contributed by atoms with Gasteiger partial charge in [-0.05, 0) is 57.7 Å². The lowest BCUT2D eigenvalue weighted by Gasteiger charge is -2.44. The van der Waals surface area contributed by atoms with Crippen LogP contribution in [0, 0.1) is 5.92 Å². The third kappa shape index (κ3) is 6.66. The summed E-state index contributed by atoms with van der Waals surface area (Å²) in [5.41, 5.74) is 0.337. The molecule has 2 aliphatic rings. The van der Waals surface area contributed by atoms with Gasteiger partial charge in [-0.3, -0.25) is 4.90 Å². The van der Waals surface area contributed by atoms with Crippen molar-refractivity contribution >= 4 is 11.8 Å². The normalized spacial score (nSPS) is 22.0. The summed E-state index contributed by atoms with van der Waals surface area (Å²) in [4.78, 5) is 26.6. The number of hydrogen-bond acceptors (Lipinski definition) is 5. The monoisotopic (exact) mass is 504 g/mol. The van der Waals surface area contributed by atoms with Crippen LogP contribution in [0.2, 0.25) is 0 Å². The van der Waals surface area contributed by atoms with Gasteiger partial charge in [0.05, 0.1) is 12.4 Å². The summed E-state index contributed by atoms with van der Waals surface area (Å²) in [5, 5.41) is 3.09. The number of carbonyl (C=O) groups excluding carboxylic acids is 1. The molecule has 2 aromatic rings. The van der Waals surface area contributed by atoms with Crippen LogP contribution in [0.4, 0.5) is 23.8 Å². The van der Waals surface area contributed by atoms with E-state index in [9.17, 15) is 18.0 Å². The first-order chi connectivity index (χ1) is 17.2. The number of nitrogens with one attached hydrogen (secondary N) is 1. The first-order valence-electron chi connectivity index (χ1n) is 12.7. The SMILES string of the molecule is CC1CN(c2cnc(C(F)(F)F)cn2)CC(C)N1C(=O)NCCC1CCN(Cc2ccccc2)CC1. The van der Waals surface area contributed by atoms with Crippen LogP contribution in [0.1, 0.15) is 44.4 Å². The fourth-order valence-corrected chi connectivity index (χ4v) is 5.29. The number of piperazine rings is 1. The summed E-state index contributed by atoms with van der Waals surface area (Å²) in [6, 6.07) is 10.2. The molecule has 0 aliphatic carbocycles. The van der Waals surface area contributed by atoms with Gasteiger partial charge in [-0.15, -0.1) is 0 Å². The van der Waals surface area contributed by atoms with Crippen molar-refractivity contribution in [2.75, 3.05) is 37.6 Å². The van der Waals surface area contributed by atoms with Gasteiger partial charge in [-0.25, -0.2) is 14.8 Å². The minimum atomic E-state index is -4.51. The molecule has 3 heterocycles. The predicted octanol–water partition coefficient (Wildman–Crippen LogP) is 4.41. The Bertz CT molecular complexity index is 967. The van der Waals surface area contributed by atoms with Gasteiger partial charge < -0.3 is 15.1 Å². The highest BCUT2D eigenvalue weighted by atomic mass is 19.4. The number of aromatic nitrogens is 2. The van der Waals surface area contributed by atoms with Gasteiger partial charge in [0, 0.05) is 38.3 Å². The van der Waals surface area contributed by atoms with Crippen molar-refractivity contribution in [3.8, 4) is 0 Å². The number of nitrogens with zero attached hydrogens (tertiary/aromatic N) is 5. The zero-order valence-electron chi connectivity index (χ0n) is 20.9. The number of alkyl halides is 3. The minimum Gasteiger partial charge on any atom is -0.351 e. The zero-order valence-corrected chi connectivity index (χ0v) is 20.9. The molecule has 2 saturated heterocycles. The number of piperidine rings is 1. The molecular weight excluding hydrogens is 469 g/mol. The minimum absolute atomic E-state index is 0.0883. The Kier molecular flexibility index (Phi) is 8.33. The Morgan fingerprint density at radius 2 is 1.69 bits per heavy atom. The molecule has 2 fully saturated rings. The zero-order chi connectivity index (χ0) is 25.7. The molecule has 10 heteroatoms. The molecule has 2 unspecified atom stereocenters. The molecule has 0 bridgehead atoms. The van der Waals surface area contributed by atoms with E-state index in [1.807, 2.05) is 29.7 Å². The highest BCUT2D eigenvalue weighted by Gasteiger charge is 2.35. The molecule has 196 valence electrons. The van der Waals surface area contributed by atoms with E-state index in [4.69, 9.17) is 0 Å². The van der Waals surface area contributed by atoms with Crippen LogP contribution in [0.15, 0.2) is 42.7 Å². The first-order valence-corrected chi connectivity index (χ1v) is 12.7. The standard InChI is InChI=1S/C26H35F3N6O/c1-19-16-34(24-15-31-23(14-32-24)26(27,28)29)17-20(2)35(19)25(36)30-11-8-21-9-12-33(13-10-21)18-22-6-4-3-5-7-22/h3-7,14-15,19-21H,8-13,16-18H2,1-2H3,(H,30,36). The van der Waals surface area contributed by atoms with E-state index in [2.05, 4.69) is 44.5 Å². The molecule has 0 spiro atoms. The van der Waals surface area contributed by atoms with Crippen LogP contribution >= 0.6 is 0 Å². The highest BCUT2D eigenvalue weighted by molar-refractivity contribution is 5.75. The van der Waals surface area contributed by atoms with Crippen LogP contribution in [0.3, 0.4) is 0 Å². The third-order valence-electron chi connectivity index (χ3n) is 7.19. The van der Waals surface area contributed by atoms with Crippen molar-refractivity contribution in [2.45, 2.75) is 57.9 Å². The molecule has 2 amide bonds. The van der Waals surface area contributed by atoms with Gasteiger partial charge in [-0.2, -0.15) is 13.2 Å². The highest BCUT2D eigenvalue weighted by Crippen LogP contribution is 2.28. The van der Waals surface area contributed by atoms with Crippen molar-refractivity contribution in [1.29, 1.82) is 0 Å². The molecule has 2 aliphatic heterocycles. The molecule has 0 saturated carbocycles. The molecule has 36 heavy (non-hydrogen) atoms. The van der Waals surface area contributed by atoms with Crippen LogP contribution in [-0.4, -0.2) is 70.6 Å². The Balaban J connectivity index is 1.20. The van der Waals surface area contributed by atoms with Crippen LogP contribution in [-0.2, 0) is 12.7 Å². The van der Waals surface area contributed by atoms with Crippen molar-refractivity contribution in [3.05, 3.63) is 54.0 Å². The lowest BCUT2D eigenvalue weighted by molar-refractivity contribution is -0.141. The number of amides is 2. The maximum Gasteiger partial charge on any atom is 0.434 e. The van der Waals surface area contributed by atoms with Crippen LogP contribution in [0.25, 0.3) is 0 Å². The lowest BCUT2D eigenvalue weighted by atomic mass is 9.93. The number of carbonyl (C=O) groups is 1. The van der Waals surface area contributed by atoms with Crippen LogP contribution < -0.4 is 10.2 Å². The van der Waals surface area contributed by atoms with Crippen LogP contribution in [0.5, 0.6) is 0 Å². The Morgan fingerprint density at radius 3 is 2.28 bits per heavy atom. The van der Waals surface area contributed by atoms with E-state index in [1.165, 1.54) is 5.56 Å². The van der Waals surface area contributed by atoms with Gasteiger partial charge in [0.25, 0.3) is 0 Å². The fourth-order valence-electron chi connectivity index (χ4n) is 5.29. The number of likely N-dealkylation sites (tertiary alicyclic amines) is 1. The van der Waals surface area contributed by atoms with E-state index in [0.717, 1.165) is 51.3 Å². The van der Waals surface area contributed by atoms with Crippen molar-refractivity contribution in [2.24, 2.45) is 5.92 Å². The molecule has 1 aromatic carbocycles. The van der Waals surface area contributed by atoms with Crippen molar-refractivity contribution in [3.63, 3.8) is 0 Å². The quantitative estimate of drug-likeness (QED) is 0.632. The summed E-state index contributed by atoms with van der Waals surface area (Å²) in [6.07, 6.45) is 0.653. The Hall–Kier alpha value is -2.88. The second kappa shape index (κ2) is 11.5. The van der Waals surface area contributed by atoms with Gasteiger partial charge in [0.15, 0.2) is 5.69 Å². The summed E-state index contributed by atoms with van der Waals surface area (Å²) in [7, 11) is 0. The summed E-state index contributed by atoms with van der Waals surface area (Å²) in [5.74, 6) is 1.00. The van der Waals surface area contributed by atoms with E-state index in [1.54, 1.807) is 0 Å². The number of rotatable bonds is 6. The average Bonchev–Trinajstić information content (AvgIpc) is 2.85. The van der Waals surface area contributed by atoms with E-state index in [0.29, 0.717) is 31.4 Å². The molecule has 2 atom stereocenters. The maximum absolute atomic E-state index is 12.9. The molecule has 0 radical (unpaired) electrons. The number of anilines is 1. The molecule has 4 rings (SSSR count). The summed E-state index contributed by atoms with van der Waals surface area (Å²) in [6.45, 7) is 8.66. The lowest BCUT2D eigenvalue weighted by Crippen LogP contribution is -2.61. The van der Waals surface area contributed by atoms with Crippen molar-refractivity contribution < 1.29 is 18.0 Å². The number of hydrogen-bond donors (Lipinski definition) is 1. The smallest absolute Gasteiger partial charge is 0.351 e. The van der Waals surface area contributed by atoms with E-state index < -0.39 is 11.9 Å². The van der Waals surface area contributed by atoms with Gasteiger partial charge in [0.1, 0.15) is 5.82 Å². The maximum atomic E-state index is 12.9. The van der Waals surface area contributed by atoms with Crippen molar-refractivity contribution in [1.82, 2.24) is 25.1 Å². The third-order valence-corrected chi connectivity index (χ3v) is 7.19. The molecule has 1 aromatic heterocycles. The molecule has 7 nitrogen and oxygen atoms in total. The Labute approximate surface area is 210 Å². The van der Waals surface area contributed by atoms with E-state index in [-0.39, 0.29) is 18.1 Å². The number of benzene rings is 1. The number of halogens is 3. The Morgan fingerprint density at radius 1 is 1.03 bits per heavy atom. The van der Waals surface area contributed by atoms with Gasteiger partial charge >= 0.3 is 12.2 Å². The van der Waals surface area contributed by atoms with Gasteiger partial charge in [-0.1, -0.05) is 30.3 Å². The second-order valence-electron chi connectivity index (χ2n) is 9.99. The molecular formula is C26H35F3N6O. The first kappa shape index (κ1) is 26.2. The average molecular weight is 505 g/mol. The summed E-state index contributed by atoms with van der Waals surface area (Å²) < 4.78 is 38.3.